The number of carbonyl (C=O) groups is 1. The summed E-state index contributed by atoms with van der Waals surface area (Å²) in [5, 5.41) is 3.26. The van der Waals surface area contributed by atoms with E-state index < -0.39 is 0 Å². The van der Waals surface area contributed by atoms with Crippen molar-refractivity contribution in [2.75, 3.05) is 29.9 Å². The van der Waals surface area contributed by atoms with Gasteiger partial charge >= 0.3 is 0 Å². The maximum absolute atomic E-state index is 12.7. The number of pyridine rings is 1. The topological polar surface area (TPSA) is 45.2 Å². The van der Waals surface area contributed by atoms with Crippen molar-refractivity contribution in [3.8, 4) is 0 Å². The van der Waals surface area contributed by atoms with E-state index in [1.807, 2.05) is 36.6 Å². The Morgan fingerprint density at radius 1 is 1.63 bits per heavy atom. The summed E-state index contributed by atoms with van der Waals surface area (Å²) >= 11 is 1.91. The summed E-state index contributed by atoms with van der Waals surface area (Å²) in [5.74, 6) is 2.13. The van der Waals surface area contributed by atoms with E-state index in [-0.39, 0.29) is 5.91 Å². The standard InChI is InChI=1S/C14H21N3OS/c1-4-15-13-7-10(2)16-8-12(13)14(18)17-5-6-19-9-11(17)3/h7-8,11H,4-6,9H2,1-3H3,(H,15,16). The van der Waals surface area contributed by atoms with Gasteiger partial charge in [-0.15, -0.1) is 0 Å². The lowest BCUT2D eigenvalue weighted by Crippen LogP contribution is -2.44. The third-order valence-electron chi connectivity index (χ3n) is 3.27. The molecule has 1 aromatic heterocycles. The second-order valence-corrected chi connectivity index (χ2v) is 5.97. The second kappa shape index (κ2) is 6.28. The average molecular weight is 279 g/mol. The van der Waals surface area contributed by atoms with E-state index in [0.29, 0.717) is 11.6 Å². The first-order valence-corrected chi connectivity index (χ1v) is 7.88. The summed E-state index contributed by atoms with van der Waals surface area (Å²) in [6, 6.07) is 2.24. The van der Waals surface area contributed by atoms with Crippen molar-refractivity contribution in [2.24, 2.45) is 0 Å². The van der Waals surface area contributed by atoms with Crippen molar-refractivity contribution in [3.05, 3.63) is 23.5 Å². The van der Waals surface area contributed by atoms with Gasteiger partial charge in [-0.05, 0) is 26.8 Å². The summed E-state index contributed by atoms with van der Waals surface area (Å²) < 4.78 is 0. The van der Waals surface area contributed by atoms with Gasteiger partial charge in [0, 0.05) is 42.5 Å². The van der Waals surface area contributed by atoms with E-state index in [1.54, 1.807) is 6.20 Å². The van der Waals surface area contributed by atoms with E-state index in [2.05, 4.69) is 17.2 Å². The fraction of sp³-hybridized carbons (Fsp3) is 0.571. The largest absolute Gasteiger partial charge is 0.385 e. The Balaban J connectivity index is 2.27. The smallest absolute Gasteiger partial charge is 0.257 e. The molecule has 1 saturated heterocycles. The van der Waals surface area contributed by atoms with Crippen LogP contribution in [0.25, 0.3) is 0 Å². The number of aromatic nitrogens is 1. The highest BCUT2D eigenvalue weighted by molar-refractivity contribution is 7.99. The minimum absolute atomic E-state index is 0.0938. The molecule has 2 rings (SSSR count). The van der Waals surface area contributed by atoms with Crippen LogP contribution in [0, 0.1) is 6.92 Å². The molecule has 0 aromatic carbocycles. The van der Waals surface area contributed by atoms with Crippen molar-refractivity contribution in [2.45, 2.75) is 26.8 Å². The van der Waals surface area contributed by atoms with E-state index in [9.17, 15) is 4.79 Å². The summed E-state index contributed by atoms with van der Waals surface area (Å²) in [5.41, 5.74) is 2.51. The average Bonchev–Trinajstić information content (AvgIpc) is 2.39. The molecule has 1 fully saturated rings. The molecule has 1 N–H and O–H groups in total. The highest BCUT2D eigenvalue weighted by atomic mass is 32.2. The summed E-state index contributed by atoms with van der Waals surface area (Å²) in [7, 11) is 0. The van der Waals surface area contributed by atoms with Gasteiger partial charge in [0.2, 0.25) is 0 Å². The zero-order chi connectivity index (χ0) is 13.8. The molecule has 0 spiro atoms. The summed E-state index contributed by atoms with van der Waals surface area (Å²) in [4.78, 5) is 18.9. The Labute approximate surface area is 119 Å². The Hall–Kier alpha value is -1.23. The van der Waals surface area contributed by atoms with E-state index >= 15 is 0 Å². The maximum Gasteiger partial charge on any atom is 0.257 e. The fourth-order valence-corrected chi connectivity index (χ4v) is 3.26. The molecular formula is C14H21N3OS. The second-order valence-electron chi connectivity index (χ2n) is 4.82. The predicted octanol–water partition coefficient (Wildman–Crippen LogP) is 2.40. The Morgan fingerprint density at radius 3 is 3.11 bits per heavy atom. The van der Waals surface area contributed by atoms with Gasteiger partial charge in [-0.25, -0.2) is 0 Å². The zero-order valence-electron chi connectivity index (χ0n) is 11.8. The van der Waals surface area contributed by atoms with E-state index in [0.717, 1.165) is 36.0 Å². The molecule has 2 heterocycles. The zero-order valence-corrected chi connectivity index (χ0v) is 12.6. The molecular weight excluding hydrogens is 258 g/mol. The number of amides is 1. The van der Waals surface area contributed by atoms with Gasteiger partial charge < -0.3 is 10.2 Å². The molecule has 104 valence electrons. The van der Waals surface area contributed by atoms with Crippen LogP contribution in [-0.2, 0) is 0 Å². The monoisotopic (exact) mass is 279 g/mol. The van der Waals surface area contributed by atoms with Gasteiger partial charge in [-0.3, -0.25) is 9.78 Å². The van der Waals surface area contributed by atoms with Crippen molar-refractivity contribution in [1.29, 1.82) is 0 Å². The Bertz CT molecular complexity index is 464. The van der Waals surface area contributed by atoms with Crippen LogP contribution in [-0.4, -0.2) is 46.4 Å². The van der Waals surface area contributed by atoms with Crippen LogP contribution >= 0.6 is 11.8 Å². The number of anilines is 1. The van der Waals surface area contributed by atoms with Crippen LogP contribution in [0.3, 0.4) is 0 Å². The van der Waals surface area contributed by atoms with Crippen LogP contribution < -0.4 is 5.32 Å². The molecule has 1 aromatic rings. The van der Waals surface area contributed by atoms with Crippen molar-refractivity contribution < 1.29 is 4.79 Å². The van der Waals surface area contributed by atoms with Gasteiger partial charge in [0.25, 0.3) is 5.91 Å². The molecule has 0 radical (unpaired) electrons. The molecule has 1 atom stereocenters. The van der Waals surface area contributed by atoms with Crippen LogP contribution in [0.1, 0.15) is 29.9 Å². The molecule has 1 amide bonds. The number of hydrogen-bond acceptors (Lipinski definition) is 4. The highest BCUT2D eigenvalue weighted by Crippen LogP contribution is 2.22. The summed E-state index contributed by atoms with van der Waals surface area (Å²) in [6.07, 6.45) is 1.70. The first kappa shape index (κ1) is 14.2. The molecule has 1 aliphatic heterocycles. The molecule has 0 saturated carbocycles. The SMILES string of the molecule is CCNc1cc(C)ncc1C(=O)N1CCSCC1C. The van der Waals surface area contributed by atoms with Gasteiger partial charge in [0.15, 0.2) is 0 Å². The molecule has 4 nitrogen and oxygen atoms in total. The quantitative estimate of drug-likeness (QED) is 0.923. The van der Waals surface area contributed by atoms with Gasteiger partial charge in [0.1, 0.15) is 0 Å². The third-order valence-corrected chi connectivity index (χ3v) is 4.46. The van der Waals surface area contributed by atoms with Crippen LogP contribution in [0.5, 0.6) is 0 Å². The lowest BCUT2D eigenvalue weighted by Gasteiger charge is -2.33. The minimum Gasteiger partial charge on any atom is -0.385 e. The normalized spacial score (nSPS) is 19.3. The number of nitrogens with zero attached hydrogens (tertiary/aromatic N) is 2. The molecule has 0 bridgehead atoms. The maximum atomic E-state index is 12.7. The van der Waals surface area contributed by atoms with Crippen molar-refractivity contribution in [3.63, 3.8) is 0 Å². The van der Waals surface area contributed by atoms with E-state index in [4.69, 9.17) is 0 Å². The number of rotatable bonds is 3. The van der Waals surface area contributed by atoms with Crippen LogP contribution in [0.4, 0.5) is 5.69 Å². The first-order valence-electron chi connectivity index (χ1n) is 6.72. The molecule has 19 heavy (non-hydrogen) atoms. The van der Waals surface area contributed by atoms with E-state index in [1.165, 1.54) is 0 Å². The number of carbonyl (C=O) groups excluding carboxylic acids is 1. The van der Waals surface area contributed by atoms with Gasteiger partial charge in [-0.1, -0.05) is 0 Å². The number of nitrogens with one attached hydrogen (secondary N) is 1. The molecule has 0 aliphatic carbocycles. The van der Waals surface area contributed by atoms with Crippen molar-refractivity contribution in [1.82, 2.24) is 9.88 Å². The third kappa shape index (κ3) is 3.21. The van der Waals surface area contributed by atoms with Crippen LogP contribution in [0.2, 0.25) is 0 Å². The summed E-state index contributed by atoms with van der Waals surface area (Å²) in [6.45, 7) is 7.71. The number of thioether (sulfide) groups is 1. The Kier molecular flexibility index (Phi) is 4.69. The number of hydrogen-bond donors (Lipinski definition) is 1. The molecule has 1 aliphatic rings. The fourth-order valence-electron chi connectivity index (χ4n) is 2.25. The van der Waals surface area contributed by atoms with Crippen LogP contribution in [0.15, 0.2) is 12.3 Å². The molecule has 1 unspecified atom stereocenters. The lowest BCUT2D eigenvalue weighted by molar-refractivity contribution is 0.0716. The Morgan fingerprint density at radius 2 is 2.42 bits per heavy atom. The molecule has 5 heteroatoms. The predicted molar refractivity (Wildman–Crippen MR) is 81.0 cm³/mol. The highest BCUT2D eigenvalue weighted by Gasteiger charge is 2.26. The van der Waals surface area contributed by atoms with Gasteiger partial charge in [-0.2, -0.15) is 11.8 Å². The van der Waals surface area contributed by atoms with Crippen molar-refractivity contribution >= 4 is 23.4 Å². The minimum atomic E-state index is 0.0938. The lowest BCUT2D eigenvalue weighted by atomic mass is 10.1. The first-order chi connectivity index (χ1) is 9.13. The van der Waals surface area contributed by atoms with Gasteiger partial charge in [0.05, 0.1) is 11.3 Å². The number of aryl methyl sites for hydroxylation is 1.